The summed E-state index contributed by atoms with van der Waals surface area (Å²) in [4.78, 5) is 21.3. The first-order chi connectivity index (χ1) is 12.2. The Hall–Kier alpha value is -1.46. The second kappa shape index (κ2) is 7.42. The van der Waals surface area contributed by atoms with E-state index in [1.807, 2.05) is 12.3 Å². The predicted molar refractivity (Wildman–Crippen MR) is 95.9 cm³/mol. The van der Waals surface area contributed by atoms with Crippen LogP contribution in [0.25, 0.3) is 0 Å². The summed E-state index contributed by atoms with van der Waals surface area (Å²) in [5, 5.41) is 0. The second-order valence-corrected chi connectivity index (χ2v) is 8.14. The van der Waals surface area contributed by atoms with Crippen molar-refractivity contribution in [1.29, 1.82) is 0 Å². The molecule has 3 aliphatic heterocycles. The van der Waals surface area contributed by atoms with E-state index < -0.39 is 0 Å². The summed E-state index contributed by atoms with van der Waals surface area (Å²) in [7, 11) is 0. The summed E-state index contributed by atoms with van der Waals surface area (Å²) in [6.45, 7) is 7.03. The molecule has 4 rings (SSSR count). The molecule has 0 radical (unpaired) electrons. The van der Waals surface area contributed by atoms with Crippen molar-refractivity contribution in [2.45, 2.75) is 38.6 Å². The molecule has 3 aliphatic rings. The highest BCUT2D eigenvalue weighted by atomic mass is 16.5. The lowest BCUT2D eigenvalue weighted by Crippen LogP contribution is -2.51. The van der Waals surface area contributed by atoms with E-state index >= 15 is 0 Å². The fourth-order valence-electron chi connectivity index (χ4n) is 4.67. The third-order valence-electron chi connectivity index (χ3n) is 6.30. The zero-order chi connectivity index (χ0) is 17.1. The molecule has 0 N–H and O–H groups in total. The fraction of sp³-hybridized carbons (Fsp3) is 0.700. The van der Waals surface area contributed by atoms with Crippen molar-refractivity contribution in [3.05, 3.63) is 30.1 Å². The Bertz CT molecular complexity index is 578. The summed E-state index contributed by atoms with van der Waals surface area (Å²) >= 11 is 0. The molecule has 0 saturated carbocycles. The maximum absolute atomic E-state index is 12.4. The average Bonchev–Trinajstić information content (AvgIpc) is 3.15. The lowest BCUT2D eigenvalue weighted by atomic mass is 9.72. The minimum atomic E-state index is 0.306. The van der Waals surface area contributed by atoms with Gasteiger partial charge in [-0.3, -0.25) is 9.78 Å². The molecule has 1 amide bonds. The van der Waals surface area contributed by atoms with Crippen LogP contribution in [0.5, 0.6) is 0 Å². The maximum atomic E-state index is 12.4. The molecule has 0 aliphatic carbocycles. The number of hydrogen-bond donors (Lipinski definition) is 0. The van der Waals surface area contributed by atoms with E-state index in [0.29, 0.717) is 24.3 Å². The number of carbonyl (C=O) groups is 1. The van der Waals surface area contributed by atoms with Gasteiger partial charge in [-0.1, -0.05) is 6.07 Å². The van der Waals surface area contributed by atoms with E-state index in [0.717, 1.165) is 37.7 Å². The van der Waals surface area contributed by atoms with Crippen LogP contribution >= 0.6 is 0 Å². The number of piperidine rings is 2. The predicted octanol–water partition coefficient (Wildman–Crippen LogP) is 2.32. The fourth-order valence-corrected chi connectivity index (χ4v) is 4.67. The van der Waals surface area contributed by atoms with Gasteiger partial charge in [0.05, 0.1) is 6.61 Å². The van der Waals surface area contributed by atoms with E-state index in [4.69, 9.17) is 4.74 Å². The van der Waals surface area contributed by atoms with Crippen LogP contribution in [0.1, 0.15) is 37.7 Å². The summed E-state index contributed by atoms with van der Waals surface area (Å²) < 4.78 is 5.51. The molecular weight excluding hydrogens is 314 g/mol. The smallest absolute Gasteiger partial charge is 0.222 e. The highest BCUT2D eigenvalue weighted by Gasteiger charge is 2.41. The van der Waals surface area contributed by atoms with E-state index in [9.17, 15) is 4.79 Å². The molecular formula is C20H29N3O2. The van der Waals surface area contributed by atoms with Crippen molar-refractivity contribution < 1.29 is 9.53 Å². The first-order valence-electron chi connectivity index (χ1n) is 9.69. The normalized spacial score (nSPS) is 27.1. The van der Waals surface area contributed by atoms with Crippen molar-refractivity contribution >= 4 is 5.91 Å². The van der Waals surface area contributed by atoms with Crippen LogP contribution in [0.4, 0.5) is 0 Å². The molecule has 25 heavy (non-hydrogen) atoms. The molecule has 136 valence electrons. The SMILES string of the molecule is O=C1CCC2(CCN(C[C@@H]3CCOC3)CC2)CN1Cc1cccnc1. The highest BCUT2D eigenvalue weighted by Crippen LogP contribution is 2.40. The van der Waals surface area contributed by atoms with Crippen molar-refractivity contribution in [2.75, 3.05) is 39.4 Å². The molecule has 1 aromatic rings. The van der Waals surface area contributed by atoms with E-state index in [-0.39, 0.29) is 0 Å². The number of nitrogens with zero attached hydrogens (tertiary/aromatic N) is 3. The number of ether oxygens (including phenoxy) is 1. The van der Waals surface area contributed by atoms with E-state index in [1.54, 1.807) is 6.20 Å². The molecule has 1 atom stereocenters. The van der Waals surface area contributed by atoms with Gasteiger partial charge in [-0.25, -0.2) is 0 Å². The van der Waals surface area contributed by atoms with Gasteiger partial charge in [-0.15, -0.1) is 0 Å². The standard InChI is InChI=1S/C20H29N3O2/c24-19-3-5-20(16-23(19)14-17-2-1-8-21-12-17)6-9-22(10-7-20)13-18-4-11-25-15-18/h1-2,8,12,18H,3-7,9-11,13-16H2/t18-/m0/s1. The van der Waals surface area contributed by atoms with Crippen LogP contribution in [-0.4, -0.2) is 60.1 Å². The van der Waals surface area contributed by atoms with Gasteiger partial charge < -0.3 is 14.5 Å². The molecule has 3 saturated heterocycles. The summed E-state index contributed by atoms with van der Waals surface area (Å²) in [6.07, 6.45) is 9.09. The molecule has 5 heteroatoms. The zero-order valence-electron chi connectivity index (χ0n) is 15.0. The number of carbonyl (C=O) groups excluding carboxylic acids is 1. The van der Waals surface area contributed by atoms with Gasteiger partial charge in [0, 0.05) is 45.1 Å². The minimum absolute atomic E-state index is 0.306. The Labute approximate surface area is 150 Å². The Morgan fingerprint density at radius 3 is 2.88 bits per heavy atom. The van der Waals surface area contributed by atoms with Crippen molar-refractivity contribution in [2.24, 2.45) is 11.3 Å². The largest absolute Gasteiger partial charge is 0.381 e. The highest BCUT2D eigenvalue weighted by molar-refractivity contribution is 5.77. The number of hydrogen-bond acceptors (Lipinski definition) is 4. The molecule has 0 bridgehead atoms. The number of rotatable bonds is 4. The lowest BCUT2D eigenvalue weighted by Gasteiger charge is -2.47. The van der Waals surface area contributed by atoms with Crippen LogP contribution in [0.2, 0.25) is 0 Å². The maximum Gasteiger partial charge on any atom is 0.222 e. The number of pyridine rings is 1. The monoisotopic (exact) mass is 343 g/mol. The third-order valence-corrected chi connectivity index (χ3v) is 6.30. The number of aromatic nitrogens is 1. The molecule has 1 spiro atoms. The first-order valence-corrected chi connectivity index (χ1v) is 9.69. The second-order valence-electron chi connectivity index (χ2n) is 8.14. The van der Waals surface area contributed by atoms with Crippen molar-refractivity contribution in [3.63, 3.8) is 0 Å². The van der Waals surface area contributed by atoms with Gasteiger partial charge >= 0.3 is 0 Å². The van der Waals surface area contributed by atoms with E-state index in [2.05, 4.69) is 20.9 Å². The van der Waals surface area contributed by atoms with Crippen LogP contribution in [0.3, 0.4) is 0 Å². The molecule has 5 nitrogen and oxygen atoms in total. The average molecular weight is 343 g/mol. The van der Waals surface area contributed by atoms with E-state index in [1.165, 1.54) is 38.9 Å². The van der Waals surface area contributed by atoms with Gasteiger partial charge in [-0.05, 0) is 61.7 Å². The summed E-state index contributed by atoms with van der Waals surface area (Å²) in [5.74, 6) is 1.03. The number of likely N-dealkylation sites (tertiary alicyclic amines) is 2. The van der Waals surface area contributed by atoms with Gasteiger partial charge in [0.2, 0.25) is 5.91 Å². The number of amides is 1. The summed E-state index contributed by atoms with van der Waals surface area (Å²) in [5.41, 5.74) is 1.46. The molecule has 0 aromatic carbocycles. The lowest BCUT2D eigenvalue weighted by molar-refractivity contribution is -0.140. The van der Waals surface area contributed by atoms with Gasteiger partial charge in [0.25, 0.3) is 0 Å². The van der Waals surface area contributed by atoms with Crippen LogP contribution in [0.15, 0.2) is 24.5 Å². The molecule has 0 unspecified atom stereocenters. The van der Waals surface area contributed by atoms with Gasteiger partial charge in [0.1, 0.15) is 0 Å². The first kappa shape index (κ1) is 17.0. The zero-order valence-corrected chi connectivity index (χ0v) is 15.0. The van der Waals surface area contributed by atoms with Gasteiger partial charge in [0.15, 0.2) is 0 Å². The van der Waals surface area contributed by atoms with Crippen molar-refractivity contribution in [3.8, 4) is 0 Å². The summed E-state index contributed by atoms with van der Waals surface area (Å²) in [6, 6.07) is 4.01. The third kappa shape index (κ3) is 4.04. The topological polar surface area (TPSA) is 45.7 Å². The Morgan fingerprint density at radius 1 is 1.28 bits per heavy atom. The van der Waals surface area contributed by atoms with Crippen LogP contribution in [-0.2, 0) is 16.1 Å². The van der Waals surface area contributed by atoms with Crippen molar-refractivity contribution in [1.82, 2.24) is 14.8 Å². The Balaban J connectivity index is 1.33. The Morgan fingerprint density at radius 2 is 2.16 bits per heavy atom. The van der Waals surface area contributed by atoms with Crippen LogP contribution < -0.4 is 0 Å². The molecule has 4 heterocycles. The Kier molecular flexibility index (Phi) is 5.04. The molecule has 3 fully saturated rings. The van der Waals surface area contributed by atoms with Gasteiger partial charge in [-0.2, -0.15) is 0 Å². The van der Waals surface area contributed by atoms with Crippen LogP contribution in [0, 0.1) is 11.3 Å². The minimum Gasteiger partial charge on any atom is -0.381 e. The quantitative estimate of drug-likeness (QED) is 0.842. The molecule has 1 aromatic heterocycles.